The summed E-state index contributed by atoms with van der Waals surface area (Å²) in [6, 6.07) is 0. The molecule has 1 radical (unpaired) electrons. The second-order valence-electron chi connectivity index (χ2n) is 0.612. The minimum Gasteiger partial charge on any atom is -0.377 e. The van der Waals surface area contributed by atoms with Gasteiger partial charge in [0.05, 0.1) is 13.2 Å². The van der Waals surface area contributed by atoms with Gasteiger partial charge in [0.25, 0.3) is 0 Å². The topological polar surface area (TPSA) is 12.5 Å². The molecule has 0 spiro atoms. The molecule has 1 rings (SSSR count). The predicted octanol–water partition coefficient (Wildman–Crippen LogP) is 0.0141. The predicted molar refractivity (Wildman–Crippen MR) is 10.8 cm³/mol. The molecule has 0 aromatic rings. The quantitative estimate of drug-likeness (QED) is 0.534. The zero-order chi connectivity index (χ0) is 2.12. The van der Waals surface area contributed by atoms with E-state index in [-0.39, 0.29) is 20.4 Å². The molecular formula is C2H4ORe. The maximum atomic E-state index is 4.50. The summed E-state index contributed by atoms with van der Waals surface area (Å²) < 4.78 is 4.50. The van der Waals surface area contributed by atoms with Crippen LogP contribution in [0.2, 0.25) is 0 Å². The van der Waals surface area contributed by atoms with Crippen LogP contribution in [0.4, 0.5) is 0 Å². The first kappa shape index (κ1) is 4.62. The van der Waals surface area contributed by atoms with Crippen molar-refractivity contribution >= 4 is 0 Å². The Morgan fingerprint density at radius 2 is 1.50 bits per heavy atom. The van der Waals surface area contributed by atoms with Crippen LogP contribution >= 0.6 is 0 Å². The Morgan fingerprint density at radius 1 is 1.25 bits per heavy atom. The van der Waals surface area contributed by atoms with Crippen LogP contribution in [0.25, 0.3) is 0 Å². The Bertz CT molecular complexity index is 10.8. The summed E-state index contributed by atoms with van der Waals surface area (Å²) in [5, 5.41) is 0. The van der Waals surface area contributed by atoms with Crippen molar-refractivity contribution in [1.82, 2.24) is 0 Å². The van der Waals surface area contributed by atoms with Gasteiger partial charge in [-0.3, -0.25) is 0 Å². The Hall–Kier alpha value is 0.622. The van der Waals surface area contributed by atoms with Gasteiger partial charge in [0.15, 0.2) is 0 Å². The van der Waals surface area contributed by atoms with E-state index >= 15 is 0 Å². The SMILES string of the molecule is C1CO1.[Re]. The normalized spacial score (nSPS) is 18.0. The first-order valence-corrected chi connectivity index (χ1v) is 1.08. The Labute approximate surface area is 39.0 Å². The molecule has 0 saturated carbocycles. The molecule has 1 aliphatic heterocycles. The van der Waals surface area contributed by atoms with Crippen LogP contribution in [0.3, 0.4) is 0 Å². The van der Waals surface area contributed by atoms with Crippen molar-refractivity contribution in [2.45, 2.75) is 0 Å². The van der Waals surface area contributed by atoms with E-state index in [2.05, 4.69) is 4.74 Å². The van der Waals surface area contributed by atoms with Crippen molar-refractivity contribution in [2.24, 2.45) is 0 Å². The van der Waals surface area contributed by atoms with Gasteiger partial charge in [0.2, 0.25) is 0 Å². The standard InChI is InChI=1S/C2H4O.Re/c1-2-3-1;/h1-2H2;. The van der Waals surface area contributed by atoms with Crippen LogP contribution in [0.5, 0.6) is 0 Å². The van der Waals surface area contributed by atoms with E-state index in [1.165, 1.54) is 0 Å². The van der Waals surface area contributed by atoms with E-state index in [1.54, 1.807) is 0 Å². The Balaban J connectivity index is 0.0000000900. The van der Waals surface area contributed by atoms with Gasteiger partial charge >= 0.3 is 0 Å². The molecular weight excluding hydrogens is 226 g/mol. The summed E-state index contributed by atoms with van der Waals surface area (Å²) >= 11 is 0. The first-order valence-electron chi connectivity index (χ1n) is 1.08. The molecule has 1 nitrogen and oxygen atoms in total. The summed E-state index contributed by atoms with van der Waals surface area (Å²) in [7, 11) is 0. The molecule has 1 saturated heterocycles. The van der Waals surface area contributed by atoms with Gasteiger partial charge in [-0.05, 0) is 0 Å². The van der Waals surface area contributed by atoms with Gasteiger partial charge in [-0.25, -0.2) is 0 Å². The fourth-order valence-electron chi connectivity index (χ4n) is 0. The minimum absolute atomic E-state index is 0. The molecule has 1 aliphatic rings. The number of ether oxygens (including phenoxy) is 1. The molecule has 0 aliphatic carbocycles. The van der Waals surface area contributed by atoms with E-state index in [0.29, 0.717) is 0 Å². The van der Waals surface area contributed by atoms with Gasteiger partial charge in [0, 0.05) is 20.4 Å². The number of hydrogen-bond acceptors (Lipinski definition) is 1. The maximum absolute atomic E-state index is 4.50. The smallest absolute Gasteiger partial charge is 0.0701 e. The summed E-state index contributed by atoms with van der Waals surface area (Å²) in [4.78, 5) is 0. The zero-order valence-electron chi connectivity index (χ0n) is 2.20. The third-order valence-electron chi connectivity index (χ3n) is 0.204. The molecule has 0 atom stereocenters. The van der Waals surface area contributed by atoms with Crippen molar-refractivity contribution in [3.05, 3.63) is 0 Å². The maximum Gasteiger partial charge on any atom is 0.0701 e. The van der Waals surface area contributed by atoms with Crippen molar-refractivity contribution < 1.29 is 25.2 Å². The van der Waals surface area contributed by atoms with E-state index < -0.39 is 0 Å². The first-order chi connectivity index (χ1) is 1.50. The third kappa shape index (κ3) is 2.62. The van der Waals surface area contributed by atoms with E-state index in [9.17, 15) is 0 Å². The van der Waals surface area contributed by atoms with E-state index in [1.807, 2.05) is 0 Å². The van der Waals surface area contributed by atoms with Crippen LogP contribution in [0, 0.1) is 0 Å². The second-order valence-corrected chi connectivity index (χ2v) is 0.612. The van der Waals surface area contributed by atoms with E-state index in [4.69, 9.17) is 0 Å². The van der Waals surface area contributed by atoms with Crippen LogP contribution < -0.4 is 0 Å². The number of epoxide rings is 1. The third-order valence-corrected chi connectivity index (χ3v) is 0.204. The fourth-order valence-corrected chi connectivity index (χ4v) is 0. The molecule has 0 aromatic carbocycles. The molecule has 25 valence electrons. The van der Waals surface area contributed by atoms with Gasteiger partial charge in [0.1, 0.15) is 0 Å². The van der Waals surface area contributed by atoms with E-state index in [0.717, 1.165) is 13.2 Å². The van der Waals surface area contributed by atoms with Crippen LogP contribution in [0.15, 0.2) is 0 Å². The Morgan fingerprint density at radius 3 is 1.50 bits per heavy atom. The molecule has 4 heavy (non-hydrogen) atoms. The summed E-state index contributed by atoms with van der Waals surface area (Å²) in [6.45, 7) is 2.00. The summed E-state index contributed by atoms with van der Waals surface area (Å²) in [6.07, 6.45) is 0. The van der Waals surface area contributed by atoms with Gasteiger partial charge in [-0.2, -0.15) is 0 Å². The molecule has 2 heteroatoms. The molecule has 0 N–H and O–H groups in total. The molecule has 1 heterocycles. The van der Waals surface area contributed by atoms with Crippen LogP contribution in [0.1, 0.15) is 0 Å². The van der Waals surface area contributed by atoms with Crippen molar-refractivity contribution in [3.63, 3.8) is 0 Å². The molecule has 0 bridgehead atoms. The average Bonchev–Trinajstić information content (AvgIpc) is 1.46. The van der Waals surface area contributed by atoms with Gasteiger partial charge in [-0.15, -0.1) is 0 Å². The van der Waals surface area contributed by atoms with Crippen molar-refractivity contribution in [2.75, 3.05) is 13.2 Å². The zero-order valence-corrected chi connectivity index (χ0v) is 4.92. The van der Waals surface area contributed by atoms with Crippen LogP contribution in [-0.2, 0) is 25.2 Å². The summed E-state index contributed by atoms with van der Waals surface area (Å²) in [5.74, 6) is 0. The van der Waals surface area contributed by atoms with Crippen molar-refractivity contribution in [1.29, 1.82) is 0 Å². The van der Waals surface area contributed by atoms with Gasteiger partial charge in [-0.1, -0.05) is 0 Å². The van der Waals surface area contributed by atoms with Gasteiger partial charge < -0.3 is 4.74 Å². The molecule has 0 amide bonds. The minimum atomic E-state index is 0. The molecule has 0 aromatic heterocycles. The van der Waals surface area contributed by atoms with Crippen LogP contribution in [-0.4, -0.2) is 13.2 Å². The molecule has 0 unspecified atom stereocenters. The Kier molecular flexibility index (Phi) is 2.19. The van der Waals surface area contributed by atoms with Crippen molar-refractivity contribution in [3.8, 4) is 0 Å². The average molecular weight is 230 g/mol. The summed E-state index contributed by atoms with van der Waals surface area (Å²) in [5.41, 5.74) is 0. The number of hydrogen-bond donors (Lipinski definition) is 0. The monoisotopic (exact) mass is 231 g/mol. The fraction of sp³-hybridized carbons (Fsp3) is 1.00. The second kappa shape index (κ2) is 1.90. The number of rotatable bonds is 0. The largest absolute Gasteiger partial charge is 0.377 e. The molecule has 1 fully saturated rings.